The highest BCUT2D eigenvalue weighted by Gasteiger charge is 2.16. The number of hydrogen-bond acceptors (Lipinski definition) is 3. The predicted octanol–water partition coefficient (Wildman–Crippen LogP) is 10.8. The highest BCUT2D eigenvalue weighted by atomic mass is 16.3. The lowest BCUT2D eigenvalue weighted by Crippen LogP contribution is -2.13. The molecule has 38 heavy (non-hydrogen) atoms. The second-order valence-corrected chi connectivity index (χ2v) is 12.4. The number of hydrogen-bond donors (Lipinski definition) is 1. The van der Waals surface area contributed by atoms with Crippen LogP contribution >= 0.6 is 0 Å². The number of nitrogens with zero attached hydrogens (tertiary/aromatic N) is 1. The van der Waals surface area contributed by atoms with Gasteiger partial charge in [-0.05, 0) is 80.3 Å². The topological polar surface area (TPSA) is 49.7 Å². The maximum atomic E-state index is 12.9. The van der Waals surface area contributed by atoms with Crippen molar-refractivity contribution in [3.63, 3.8) is 0 Å². The smallest absolute Gasteiger partial charge is 0.164 e. The van der Waals surface area contributed by atoms with E-state index in [0.717, 1.165) is 43.7 Å². The van der Waals surface area contributed by atoms with Crippen LogP contribution in [0.25, 0.3) is 0 Å². The quantitative estimate of drug-likeness (QED) is 0.104. The molecule has 0 rings (SSSR count). The minimum atomic E-state index is 0.0802. The lowest BCUT2D eigenvalue weighted by Gasteiger charge is -2.21. The van der Waals surface area contributed by atoms with Crippen LogP contribution in [0.2, 0.25) is 0 Å². The number of aliphatic hydroxyl groups excluding tert-OH is 1. The van der Waals surface area contributed by atoms with Crippen LogP contribution in [0.15, 0.2) is 39.6 Å². The van der Waals surface area contributed by atoms with Crippen molar-refractivity contribution < 1.29 is 9.90 Å². The van der Waals surface area contributed by atoms with Crippen LogP contribution in [0.5, 0.6) is 0 Å². The van der Waals surface area contributed by atoms with Gasteiger partial charge in [0, 0.05) is 24.8 Å². The van der Waals surface area contributed by atoms with Crippen molar-refractivity contribution in [1.29, 1.82) is 0 Å². The van der Waals surface area contributed by atoms with Gasteiger partial charge in [-0.1, -0.05) is 108 Å². The number of rotatable bonds is 14. The van der Waals surface area contributed by atoms with Gasteiger partial charge in [-0.2, -0.15) is 0 Å². The molecule has 0 saturated carbocycles. The molecule has 0 radical (unpaired) electrons. The van der Waals surface area contributed by atoms with Crippen LogP contribution < -0.4 is 0 Å². The van der Waals surface area contributed by atoms with Gasteiger partial charge in [-0.3, -0.25) is 9.79 Å². The predicted molar refractivity (Wildman–Crippen MR) is 173 cm³/mol. The summed E-state index contributed by atoms with van der Waals surface area (Å²) < 4.78 is 0. The Morgan fingerprint density at radius 2 is 1.47 bits per heavy atom. The molecule has 0 spiro atoms. The van der Waals surface area contributed by atoms with E-state index in [9.17, 15) is 9.90 Å². The van der Waals surface area contributed by atoms with Gasteiger partial charge in [0.2, 0.25) is 0 Å². The number of carbonyl (C=O) groups is 1. The zero-order valence-electron chi connectivity index (χ0n) is 28.3. The summed E-state index contributed by atoms with van der Waals surface area (Å²) in [7, 11) is 0. The van der Waals surface area contributed by atoms with Gasteiger partial charge in [0.1, 0.15) is 0 Å². The Hall–Kier alpha value is -1.48. The molecule has 3 heteroatoms. The van der Waals surface area contributed by atoms with Gasteiger partial charge >= 0.3 is 0 Å². The summed E-state index contributed by atoms with van der Waals surface area (Å²) in [6, 6.07) is 0. The number of carbonyl (C=O) groups excluding carboxylic acids is 1. The maximum absolute atomic E-state index is 12.9. The van der Waals surface area contributed by atoms with Crippen LogP contribution in [0.4, 0.5) is 0 Å². The maximum Gasteiger partial charge on any atom is 0.164 e. The average molecular weight is 534 g/mol. The first-order valence-corrected chi connectivity index (χ1v) is 15.4. The largest absolute Gasteiger partial charge is 0.396 e. The normalized spacial score (nSPS) is 15.0. The molecule has 3 nitrogen and oxygen atoms in total. The van der Waals surface area contributed by atoms with Crippen molar-refractivity contribution >= 4 is 12.0 Å². The first kappa shape index (κ1) is 41.0. The molecule has 0 amide bonds. The van der Waals surface area contributed by atoms with E-state index in [1.807, 2.05) is 19.9 Å². The molecular weight excluding hydrogens is 466 g/mol. The second kappa shape index (κ2) is 23.4. The lowest BCUT2D eigenvalue weighted by atomic mass is 9.86. The van der Waals surface area contributed by atoms with E-state index >= 15 is 0 Å². The number of unbranched alkanes of at least 4 members (excludes halogenated alkanes) is 1. The van der Waals surface area contributed by atoms with Gasteiger partial charge in [0.05, 0.1) is 5.70 Å². The van der Waals surface area contributed by atoms with Gasteiger partial charge in [0.25, 0.3) is 0 Å². The van der Waals surface area contributed by atoms with Crippen molar-refractivity contribution in [3.8, 4) is 0 Å². The Bertz CT molecular complexity index is 727. The Kier molecular flexibility index (Phi) is 25.3. The summed E-state index contributed by atoms with van der Waals surface area (Å²) in [4.78, 5) is 17.7. The van der Waals surface area contributed by atoms with Crippen LogP contribution in [-0.4, -0.2) is 23.7 Å². The van der Waals surface area contributed by atoms with Crippen molar-refractivity contribution in [1.82, 2.24) is 0 Å². The van der Waals surface area contributed by atoms with Gasteiger partial charge < -0.3 is 5.11 Å². The summed E-state index contributed by atoms with van der Waals surface area (Å²) in [6.07, 6.45) is 11.2. The monoisotopic (exact) mass is 534 g/mol. The van der Waals surface area contributed by atoms with Crippen LogP contribution in [0, 0.1) is 29.1 Å². The number of allylic oxidation sites excluding steroid dienone is 5. The van der Waals surface area contributed by atoms with Crippen LogP contribution in [0.1, 0.15) is 142 Å². The lowest BCUT2D eigenvalue weighted by molar-refractivity contribution is -0.115. The minimum Gasteiger partial charge on any atom is -0.396 e. The van der Waals surface area contributed by atoms with Crippen LogP contribution in [-0.2, 0) is 4.79 Å². The molecule has 0 heterocycles. The molecule has 0 aromatic carbocycles. The van der Waals surface area contributed by atoms with E-state index in [2.05, 4.69) is 96.1 Å². The summed E-state index contributed by atoms with van der Waals surface area (Å²) >= 11 is 0. The molecule has 1 N–H and O–H groups in total. The first-order chi connectivity index (χ1) is 17.6. The molecule has 0 saturated heterocycles. The highest BCUT2D eigenvalue weighted by Crippen LogP contribution is 2.28. The van der Waals surface area contributed by atoms with E-state index in [-0.39, 0.29) is 17.8 Å². The van der Waals surface area contributed by atoms with E-state index in [0.29, 0.717) is 29.7 Å². The molecule has 0 aromatic rings. The van der Waals surface area contributed by atoms with Crippen molar-refractivity contribution in [2.75, 3.05) is 6.61 Å². The summed E-state index contributed by atoms with van der Waals surface area (Å²) in [5.74, 6) is 2.24. The van der Waals surface area contributed by atoms with E-state index in [1.54, 1.807) is 6.21 Å². The van der Waals surface area contributed by atoms with Gasteiger partial charge in [-0.25, -0.2) is 0 Å². The van der Waals surface area contributed by atoms with Crippen LogP contribution in [0.3, 0.4) is 0 Å². The zero-order chi connectivity index (χ0) is 30.5. The standard InChI is InChI=1S/C29H51NO2.C4H10.C2H6/c1-11-15-25(28(32)17-14-13-16-26(20-31)21(3)4)19-30-27(24(7)22(5)12-2)18-23(6)29(8,9)10;1-4(2)3;1-2/h15,18-19,21-22,26,31H,11-14,16-17,20H2,1-10H3;4H,1-3H3;1-2H3/b23-18+,25-15-,27-24+,30-19+;;. The first-order valence-electron chi connectivity index (χ1n) is 15.4. The third-order valence-corrected chi connectivity index (χ3v) is 6.79. The highest BCUT2D eigenvalue weighted by molar-refractivity contribution is 6.13. The number of Topliss-reactive ketones (excluding diaryl/α,β-unsaturated/α-hetero) is 1. The molecule has 0 aliphatic heterocycles. The van der Waals surface area contributed by atoms with E-state index in [1.165, 1.54) is 11.1 Å². The third kappa shape index (κ3) is 20.5. The Labute approximate surface area is 239 Å². The molecule has 0 aliphatic carbocycles. The Morgan fingerprint density at radius 1 is 0.947 bits per heavy atom. The van der Waals surface area contributed by atoms with Crippen molar-refractivity contribution in [2.45, 2.75) is 142 Å². The summed E-state index contributed by atoms with van der Waals surface area (Å²) in [5, 5.41) is 9.50. The molecule has 0 aromatic heterocycles. The Balaban J connectivity index is -0.00000185. The average Bonchev–Trinajstić information content (AvgIpc) is 2.84. The zero-order valence-corrected chi connectivity index (χ0v) is 28.3. The number of aliphatic imine (C=N–C) groups is 1. The molecule has 2 unspecified atom stereocenters. The summed E-state index contributed by atoms with van der Waals surface area (Å²) in [6.45, 7) is 32.5. The van der Waals surface area contributed by atoms with Crippen molar-refractivity contribution in [2.24, 2.45) is 34.1 Å². The molecular formula is C35H67NO2. The molecule has 224 valence electrons. The van der Waals surface area contributed by atoms with E-state index < -0.39 is 0 Å². The van der Waals surface area contributed by atoms with E-state index in [4.69, 9.17) is 4.99 Å². The fourth-order valence-electron chi connectivity index (χ4n) is 3.30. The fraction of sp³-hybridized carbons (Fsp3) is 0.771. The molecule has 0 fully saturated rings. The second-order valence-electron chi connectivity index (χ2n) is 12.4. The molecule has 0 bridgehead atoms. The van der Waals surface area contributed by atoms with Crippen molar-refractivity contribution in [3.05, 3.63) is 34.6 Å². The third-order valence-electron chi connectivity index (χ3n) is 6.79. The molecule has 2 atom stereocenters. The number of aliphatic hydroxyl groups is 1. The SMILES string of the molecule is CC.CC(C)C.CC/C=C(/C=N/C(/C=C(\C)C(C)(C)C)=C(\C)C(C)CC)C(=O)CCCCC(CO)C(C)C. The van der Waals surface area contributed by atoms with Gasteiger partial charge in [0.15, 0.2) is 5.78 Å². The number of ketones is 1. The molecule has 0 aliphatic rings. The Morgan fingerprint density at radius 3 is 1.87 bits per heavy atom. The minimum absolute atomic E-state index is 0.0802. The summed E-state index contributed by atoms with van der Waals surface area (Å²) in [5.41, 5.74) is 4.31. The van der Waals surface area contributed by atoms with Gasteiger partial charge in [-0.15, -0.1) is 0 Å². The fourth-order valence-corrected chi connectivity index (χ4v) is 3.30.